The summed E-state index contributed by atoms with van der Waals surface area (Å²) in [5.41, 5.74) is 4.01. The van der Waals surface area contributed by atoms with Gasteiger partial charge in [-0.3, -0.25) is 9.69 Å². The third kappa shape index (κ3) is 5.37. The van der Waals surface area contributed by atoms with Crippen LogP contribution >= 0.6 is 23.2 Å². The van der Waals surface area contributed by atoms with Crippen molar-refractivity contribution in [2.75, 3.05) is 25.7 Å². The molecule has 4 aromatic rings. The molecule has 0 N–H and O–H groups in total. The van der Waals surface area contributed by atoms with Crippen LogP contribution in [0.3, 0.4) is 0 Å². The van der Waals surface area contributed by atoms with Gasteiger partial charge in [0.25, 0.3) is 5.91 Å². The number of hydrogen-bond donors (Lipinski definition) is 0. The number of aryl methyl sites for hydroxylation is 1. The van der Waals surface area contributed by atoms with Gasteiger partial charge in [-0.2, -0.15) is 4.98 Å². The molecule has 1 amide bonds. The van der Waals surface area contributed by atoms with Crippen molar-refractivity contribution in [3.63, 3.8) is 0 Å². The molecule has 1 aliphatic rings. The van der Waals surface area contributed by atoms with E-state index < -0.39 is 6.04 Å². The fraction of sp³-hybridized carbons (Fsp3) is 0.333. The number of hydrogen-bond acceptors (Lipinski definition) is 7. The number of carbonyl (C=O) groups is 1. The molecule has 1 unspecified atom stereocenters. The zero-order valence-corrected chi connectivity index (χ0v) is 25.2. The molecule has 0 fully saturated rings. The minimum absolute atomic E-state index is 0.00984. The molecule has 1 aliphatic heterocycles. The summed E-state index contributed by atoms with van der Waals surface area (Å²) in [6.45, 7) is 8.32. The van der Waals surface area contributed by atoms with Crippen LogP contribution in [0.2, 0.25) is 10.0 Å². The molecule has 11 heteroatoms. The van der Waals surface area contributed by atoms with E-state index in [-0.39, 0.29) is 29.9 Å². The largest absolute Gasteiger partial charge is 0.480 e. The summed E-state index contributed by atoms with van der Waals surface area (Å²) in [7, 11) is 3.00. The lowest BCUT2D eigenvalue weighted by Gasteiger charge is -2.30. The molecule has 0 aliphatic carbocycles. The van der Waals surface area contributed by atoms with Crippen molar-refractivity contribution in [1.82, 2.24) is 19.5 Å². The molecule has 0 bridgehead atoms. The highest BCUT2D eigenvalue weighted by Gasteiger charge is 2.45. The minimum atomic E-state index is -0.528. The Morgan fingerprint density at radius 3 is 2.34 bits per heavy atom. The number of nitrogens with zero attached hydrogens (tertiary/aromatic N) is 5. The maximum Gasteiger partial charge on any atom is 0.319 e. The molecule has 0 radical (unpaired) electrons. The number of anilines is 1. The van der Waals surface area contributed by atoms with Crippen LogP contribution in [0.15, 0.2) is 48.7 Å². The van der Waals surface area contributed by atoms with E-state index in [0.717, 1.165) is 11.1 Å². The van der Waals surface area contributed by atoms with Gasteiger partial charge in [0.1, 0.15) is 11.9 Å². The van der Waals surface area contributed by atoms with Crippen LogP contribution in [0, 0.1) is 6.92 Å². The maximum atomic E-state index is 14.3. The van der Waals surface area contributed by atoms with Crippen LogP contribution in [-0.2, 0) is 4.74 Å². The zero-order chi connectivity index (χ0) is 29.4. The standard InChI is InChI=1S/C30H31Cl2N5O4/c1-16(2)41-15-18(4)36-26-24(34-27(36)22-14-33-30(40-6)35-28(22)39-5)29(38)37(23-13-21(32)10-7-17(23)3)25(26)19-8-11-20(31)12-9-19/h7-14,16,18,25H,15H2,1-6H3/t18-,25?/m0/s1. The third-order valence-electron chi connectivity index (χ3n) is 6.96. The van der Waals surface area contributed by atoms with E-state index in [2.05, 4.69) is 9.97 Å². The Morgan fingerprint density at radius 2 is 1.68 bits per heavy atom. The molecular weight excluding hydrogens is 565 g/mol. The predicted octanol–water partition coefficient (Wildman–Crippen LogP) is 6.71. The SMILES string of the molecule is COc1ncc(-c2nc3c(n2[C@@H](C)COC(C)C)C(c2ccc(Cl)cc2)N(c2cc(Cl)ccc2C)C3=O)c(OC)n1. The van der Waals surface area contributed by atoms with Gasteiger partial charge >= 0.3 is 6.01 Å². The quantitative estimate of drug-likeness (QED) is 0.212. The fourth-order valence-electron chi connectivity index (χ4n) is 5.06. The van der Waals surface area contributed by atoms with Gasteiger partial charge in [0.05, 0.1) is 44.2 Å². The van der Waals surface area contributed by atoms with Gasteiger partial charge in [-0.05, 0) is 63.1 Å². The van der Waals surface area contributed by atoms with Crippen molar-refractivity contribution in [1.29, 1.82) is 0 Å². The number of carbonyl (C=O) groups excluding carboxylic acids is 1. The lowest BCUT2D eigenvalue weighted by molar-refractivity contribution is 0.0576. The molecule has 41 heavy (non-hydrogen) atoms. The second-order valence-electron chi connectivity index (χ2n) is 10.1. The van der Waals surface area contributed by atoms with Crippen LogP contribution in [-0.4, -0.2) is 52.4 Å². The molecule has 214 valence electrons. The highest BCUT2D eigenvalue weighted by molar-refractivity contribution is 6.31. The van der Waals surface area contributed by atoms with E-state index in [1.54, 1.807) is 17.2 Å². The molecular formula is C30H31Cl2N5O4. The number of rotatable bonds is 9. The van der Waals surface area contributed by atoms with Gasteiger partial charge in [0.2, 0.25) is 5.88 Å². The Bertz CT molecular complexity index is 1590. The first-order valence-corrected chi connectivity index (χ1v) is 13.9. The monoisotopic (exact) mass is 595 g/mol. The average molecular weight is 597 g/mol. The summed E-state index contributed by atoms with van der Waals surface area (Å²) >= 11 is 12.7. The molecule has 3 heterocycles. The molecule has 2 atom stereocenters. The molecule has 0 saturated carbocycles. The number of imidazole rings is 1. The number of benzene rings is 2. The summed E-state index contributed by atoms with van der Waals surface area (Å²) in [5.74, 6) is 0.511. The third-order valence-corrected chi connectivity index (χ3v) is 7.45. The molecule has 2 aromatic carbocycles. The Hall–Kier alpha value is -3.66. The van der Waals surface area contributed by atoms with Crippen molar-refractivity contribution in [3.8, 4) is 23.3 Å². The summed E-state index contributed by atoms with van der Waals surface area (Å²) in [6, 6.07) is 12.4. The Kier molecular flexibility index (Phi) is 8.22. The number of aromatic nitrogens is 4. The smallest absolute Gasteiger partial charge is 0.319 e. The predicted molar refractivity (Wildman–Crippen MR) is 158 cm³/mol. The summed E-state index contributed by atoms with van der Waals surface area (Å²) in [6.07, 6.45) is 1.60. The number of halogens is 2. The topological polar surface area (TPSA) is 91.6 Å². The van der Waals surface area contributed by atoms with E-state index >= 15 is 0 Å². The second kappa shape index (κ2) is 11.7. The van der Waals surface area contributed by atoms with Crippen LogP contribution in [0.4, 0.5) is 5.69 Å². The summed E-state index contributed by atoms with van der Waals surface area (Å²) in [5, 5.41) is 1.12. The summed E-state index contributed by atoms with van der Waals surface area (Å²) < 4.78 is 18.9. The lowest BCUT2D eigenvalue weighted by atomic mass is 10.0. The first-order valence-electron chi connectivity index (χ1n) is 13.2. The Balaban J connectivity index is 1.79. The van der Waals surface area contributed by atoms with Gasteiger partial charge in [-0.15, -0.1) is 0 Å². The van der Waals surface area contributed by atoms with Crippen molar-refractivity contribution in [2.45, 2.75) is 45.9 Å². The summed E-state index contributed by atoms with van der Waals surface area (Å²) in [4.78, 5) is 29.7. The van der Waals surface area contributed by atoms with Crippen LogP contribution in [0.25, 0.3) is 11.4 Å². The van der Waals surface area contributed by atoms with Gasteiger partial charge in [-0.25, -0.2) is 9.97 Å². The van der Waals surface area contributed by atoms with Crippen LogP contribution in [0.1, 0.15) is 60.2 Å². The number of fused-ring (bicyclic) bond motifs is 1. The van der Waals surface area contributed by atoms with Crippen molar-refractivity contribution in [2.24, 2.45) is 0 Å². The molecule has 9 nitrogen and oxygen atoms in total. The van der Waals surface area contributed by atoms with Gasteiger partial charge in [0.15, 0.2) is 5.69 Å². The highest BCUT2D eigenvalue weighted by atomic mass is 35.5. The fourth-order valence-corrected chi connectivity index (χ4v) is 5.35. The second-order valence-corrected chi connectivity index (χ2v) is 11.0. The van der Waals surface area contributed by atoms with Crippen molar-refractivity contribution >= 4 is 34.8 Å². The maximum absolute atomic E-state index is 14.3. The van der Waals surface area contributed by atoms with Crippen LogP contribution in [0.5, 0.6) is 11.9 Å². The van der Waals surface area contributed by atoms with Crippen LogP contribution < -0.4 is 14.4 Å². The Morgan fingerprint density at radius 1 is 0.976 bits per heavy atom. The van der Waals surface area contributed by atoms with Gasteiger partial charge in [-0.1, -0.05) is 41.4 Å². The van der Waals surface area contributed by atoms with E-state index in [0.29, 0.717) is 45.1 Å². The van der Waals surface area contributed by atoms with E-state index in [9.17, 15) is 4.79 Å². The van der Waals surface area contributed by atoms with Crippen molar-refractivity contribution in [3.05, 3.63) is 81.2 Å². The number of ether oxygens (including phenoxy) is 3. The number of amides is 1. The van der Waals surface area contributed by atoms with Crippen molar-refractivity contribution < 1.29 is 19.0 Å². The highest BCUT2D eigenvalue weighted by Crippen LogP contribution is 2.46. The zero-order valence-electron chi connectivity index (χ0n) is 23.7. The first kappa shape index (κ1) is 28.9. The number of methoxy groups -OCH3 is 2. The normalized spacial score (nSPS) is 15.4. The minimum Gasteiger partial charge on any atom is -0.480 e. The van der Waals surface area contributed by atoms with E-state index in [4.69, 9.17) is 42.4 Å². The average Bonchev–Trinajstić information content (AvgIpc) is 3.48. The lowest BCUT2D eigenvalue weighted by Crippen LogP contribution is -2.31. The molecule has 2 aromatic heterocycles. The Labute approximate surface area is 249 Å². The molecule has 5 rings (SSSR count). The van der Waals surface area contributed by atoms with Gasteiger partial charge in [0, 0.05) is 21.9 Å². The molecule has 0 spiro atoms. The van der Waals surface area contributed by atoms with Gasteiger partial charge < -0.3 is 18.8 Å². The van der Waals surface area contributed by atoms with E-state index in [1.165, 1.54) is 14.2 Å². The first-order chi connectivity index (χ1) is 19.6. The van der Waals surface area contributed by atoms with E-state index in [1.807, 2.05) is 68.7 Å². The molecule has 0 saturated heterocycles.